The summed E-state index contributed by atoms with van der Waals surface area (Å²) in [5, 5.41) is 27.4. The summed E-state index contributed by atoms with van der Waals surface area (Å²) >= 11 is 0. The summed E-state index contributed by atoms with van der Waals surface area (Å²) < 4.78 is 5.48. The third-order valence-electron chi connectivity index (χ3n) is 2.97. The minimum absolute atomic E-state index is 0.161. The number of aliphatic hydroxyl groups is 2. The van der Waals surface area contributed by atoms with Crippen molar-refractivity contribution in [2.24, 2.45) is 0 Å². The molecule has 1 unspecified atom stereocenters. The summed E-state index contributed by atoms with van der Waals surface area (Å²) in [4.78, 5) is 2.07. The van der Waals surface area contributed by atoms with Gasteiger partial charge in [-0.2, -0.15) is 5.26 Å². The Hall–Kier alpha value is -1.61. The molecule has 0 aromatic heterocycles. The van der Waals surface area contributed by atoms with Gasteiger partial charge in [-0.3, -0.25) is 0 Å². The van der Waals surface area contributed by atoms with Crippen molar-refractivity contribution in [3.05, 3.63) is 29.8 Å². The molecule has 0 radical (unpaired) electrons. The third kappa shape index (κ3) is 6.02. The van der Waals surface area contributed by atoms with Crippen LogP contribution in [0.25, 0.3) is 0 Å². The first kappa shape index (κ1) is 16.4. The van der Waals surface area contributed by atoms with Gasteiger partial charge in [0.05, 0.1) is 11.6 Å². The second-order valence-electron chi connectivity index (χ2n) is 4.57. The molecule has 0 fully saturated rings. The third-order valence-corrected chi connectivity index (χ3v) is 2.97. The first-order valence-corrected chi connectivity index (χ1v) is 6.83. The van der Waals surface area contributed by atoms with Gasteiger partial charge in [0.2, 0.25) is 0 Å². The highest BCUT2D eigenvalue weighted by atomic mass is 16.5. The summed E-state index contributed by atoms with van der Waals surface area (Å²) in [6.45, 7) is 4.50. The van der Waals surface area contributed by atoms with Gasteiger partial charge in [0.1, 0.15) is 18.5 Å². The minimum Gasteiger partial charge on any atom is -0.491 e. The second-order valence-corrected chi connectivity index (χ2v) is 4.57. The Bertz CT molecular complexity index is 414. The molecule has 0 amide bonds. The van der Waals surface area contributed by atoms with Crippen LogP contribution in [0.4, 0.5) is 0 Å². The van der Waals surface area contributed by atoms with E-state index in [9.17, 15) is 5.11 Å². The fourth-order valence-electron chi connectivity index (χ4n) is 1.84. The lowest BCUT2D eigenvalue weighted by Gasteiger charge is -2.23. The normalized spacial score (nSPS) is 12.2. The molecular formula is C15H22N2O3. The SMILES string of the molecule is CCN(CCCO)CC(O)COc1ccc(C#N)cc1. The Morgan fingerprint density at radius 2 is 2.05 bits per heavy atom. The van der Waals surface area contributed by atoms with Gasteiger partial charge in [0.25, 0.3) is 0 Å². The van der Waals surface area contributed by atoms with Gasteiger partial charge in [-0.25, -0.2) is 0 Å². The maximum absolute atomic E-state index is 9.93. The number of nitriles is 1. The number of ether oxygens (including phenoxy) is 1. The molecule has 0 spiro atoms. The van der Waals surface area contributed by atoms with E-state index in [1.165, 1.54) is 0 Å². The first-order valence-electron chi connectivity index (χ1n) is 6.83. The highest BCUT2D eigenvalue weighted by Gasteiger charge is 2.10. The van der Waals surface area contributed by atoms with Crippen LogP contribution in [0.2, 0.25) is 0 Å². The van der Waals surface area contributed by atoms with Crippen LogP contribution >= 0.6 is 0 Å². The summed E-state index contributed by atoms with van der Waals surface area (Å²) in [6, 6.07) is 8.84. The van der Waals surface area contributed by atoms with Gasteiger partial charge in [0.15, 0.2) is 0 Å². The van der Waals surface area contributed by atoms with Crippen LogP contribution in [-0.4, -0.2) is 54.1 Å². The van der Waals surface area contributed by atoms with E-state index in [1.54, 1.807) is 24.3 Å². The smallest absolute Gasteiger partial charge is 0.119 e. The fraction of sp³-hybridized carbons (Fsp3) is 0.533. The van der Waals surface area contributed by atoms with Crippen LogP contribution < -0.4 is 4.74 Å². The van der Waals surface area contributed by atoms with Gasteiger partial charge in [0, 0.05) is 19.7 Å². The van der Waals surface area contributed by atoms with Gasteiger partial charge < -0.3 is 19.8 Å². The Balaban J connectivity index is 2.34. The quantitative estimate of drug-likeness (QED) is 0.705. The van der Waals surface area contributed by atoms with Crippen molar-refractivity contribution in [2.75, 3.05) is 32.8 Å². The van der Waals surface area contributed by atoms with E-state index in [4.69, 9.17) is 15.1 Å². The molecule has 0 aliphatic heterocycles. The van der Waals surface area contributed by atoms with E-state index in [2.05, 4.69) is 4.90 Å². The van der Waals surface area contributed by atoms with Crippen molar-refractivity contribution in [2.45, 2.75) is 19.4 Å². The maximum Gasteiger partial charge on any atom is 0.119 e. The molecule has 1 aromatic rings. The summed E-state index contributed by atoms with van der Waals surface area (Å²) in [7, 11) is 0. The number of hydrogen-bond donors (Lipinski definition) is 2. The van der Waals surface area contributed by atoms with Crippen LogP contribution in [0.15, 0.2) is 24.3 Å². The van der Waals surface area contributed by atoms with Crippen LogP contribution in [0, 0.1) is 11.3 Å². The van der Waals surface area contributed by atoms with Crippen molar-refractivity contribution in [1.29, 1.82) is 5.26 Å². The van der Waals surface area contributed by atoms with Crippen LogP contribution in [-0.2, 0) is 0 Å². The summed E-state index contributed by atoms with van der Waals surface area (Å²) in [5.41, 5.74) is 0.582. The molecule has 0 saturated heterocycles. The van der Waals surface area contributed by atoms with Crippen LogP contribution in [0.1, 0.15) is 18.9 Å². The van der Waals surface area contributed by atoms with Crippen molar-refractivity contribution >= 4 is 0 Å². The minimum atomic E-state index is -0.579. The highest BCUT2D eigenvalue weighted by molar-refractivity contribution is 5.34. The zero-order valence-corrected chi connectivity index (χ0v) is 11.8. The molecule has 110 valence electrons. The number of benzene rings is 1. The van der Waals surface area contributed by atoms with Gasteiger partial charge in [-0.05, 0) is 37.2 Å². The average molecular weight is 278 g/mol. The van der Waals surface area contributed by atoms with Crippen molar-refractivity contribution in [1.82, 2.24) is 4.90 Å². The molecule has 2 N–H and O–H groups in total. The summed E-state index contributed by atoms with van der Waals surface area (Å²) in [6.07, 6.45) is 0.126. The summed E-state index contributed by atoms with van der Waals surface area (Å²) in [5.74, 6) is 0.640. The lowest BCUT2D eigenvalue weighted by atomic mass is 10.2. The fourth-order valence-corrected chi connectivity index (χ4v) is 1.84. The molecule has 1 aromatic carbocycles. The standard InChI is InChI=1S/C15H22N2O3/c1-2-17(8-3-9-18)11-14(19)12-20-15-6-4-13(10-16)5-7-15/h4-7,14,18-19H,2-3,8-9,11-12H2,1H3. The zero-order chi connectivity index (χ0) is 14.8. The van der Waals surface area contributed by atoms with Crippen LogP contribution in [0.3, 0.4) is 0 Å². The van der Waals surface area contributed by atoms with Crippen molar-refractivity contribution in [3.63, 3.8) is 0 Å². The molecule has 0 saturated carbocycles. The molecule has 1 rings (SSSR count). The van der Waals surface area contributed by atoms with Gasteiger partial charge in [-0.15, -0.1) is 0 Å². The monoisotopic (exact) mass is 278 g/mol. The number of nitrogens with zero attached hydrogens (tertiary/aromatic N) is 2. The molecule has 20 heavy (non-hydrogen) atoms. The van der Waals surface area contributed by atoms with E-state index >= 15 is 0 Å². The molecule has 0 aliphatic rings. The predicted octanol–water partition coefficient (Wildman–Crippen LogP) is 1.00. The molecule has 0 bridgehead atoms. The molecular weight excluding hydrogens is 256 g/mol. The Morgan fingerprint density at radius 3 is 2.60 bits per heavy atom. The molecule has 0 aliphatic carbocycles. The number of hydrogen-bond acceptors (Lipinski definition) is 5. The highest BCUT2D eigenvalue weighted by Crippen LogP contribution is 2.11. The number of likely N-dealkylation sites (N-methyl/N-ethyl adjacent to an activating group) is 1. The second kappa shape index (κ2) is 9.32. The van der Waals surface area contributed by atoms with E-state index in [1.807, 2.05) is 13.0 Å². The topological polar surface area (TPSA) is 76.7 Å². The largest absolute Gasteiger partial charge is 0.491 e. The first-order chi connectivity index (χ1) is 9.69. The molecule has 0 heterocycles. The van der Waals surface area contributed by atoms with E-state index in [0.29, 0.717) is 24.3 Å². The molecule has 5 nitrogen and oxygen atoms in total. The lowest BCUT2D eigenvalue weighted by molar-refractivity contribution is 0.0677. The van der Waals surface area contributed by atoms with E-state index < -0.39 is 6.10 Å². The van der Waals surface area contributed by atoms with E-state index in [0.717, 1.165) is 13.1 Å². The molecule has 1 atom stereocenters. The Morgan fingerprint density at radius 1 is 1.35 bits per heavy atom. The van der Waals surface area contributed by atoms with E-state index in [-0.39, 0.29) is 13.2 Å². The number of aliphatic hydroxyl groups excluding tert-OH is 2. The van der Waals surface area contributed by atoms with Gasteiger partial charge in [-0.1, -0.05) is 6.92 Å². The number of rotatable bonds is 9. The average Bonchev–Trinajstić information content (AvgIpc) is 2.49. The zero-order valence-electron chi connectivity index (χ0n) is 11.8. The van der Waals surface area contributed by atoms with Crippen molar-refractivity contribution in [3.8, 4) is 11.8 Å². The lowest BCUT2D eigenvalue weighted by Crippen LogP contribution is -2.36. The predicted molar refractivity (Wildman–Crippen MR) is 76.5 cm³/mol. The molecule has 5 heteroatoms. The maximum atomic E-state index is 9.93. The Labute approximate surface area is 120 Å². The van der Waals surface area contributed by atoms with Crippen molar-refractivity contribution < 1.29 is 14.9 Å². The Kier molecular flexibility index (Phi) is 7.66. The van der Waals surface area contributed by atoms with Crippen LogP contribution in [0.5, 0.6) is 5.75 Å². The van der Waals surface area contributed by atoms with Gasteiger partial charge >= 0.3 is 0 Å².